The molecule has 0 aromatic heterocycles. The summed E-state index contributed by atoms with van der Waals surface area (Å²) >= 11 is 0. The SMILES string of the molecule is CCOC(CC(C)CCCC(C)C)OCC.COC(CC(C)CCCC(C)C)OC. The van der Waals surface area contributed by atoms with E-state index in [1.807, 2.05) is 13.8 Å². The normalized spacial score (nSPS) is 13.8. The summed E-state index contributed by atoms with van der Waals surface area (Å²) < 4.78 is 21.5. The molecule has 30 heavy (non-hydrogen) atoms. The van der Waals surface area contributed by atoms with Gasteiger partial charge in [-0.05, 0) is 37.5 Å². The molecule has 184 valence electrons. The predicted molar refractivity (Wildman–Crippen MR) is 130 cm³/mol. The summed E-state index contributed by atoms with van der Waals surface area (Å²) in [6, 6.07) is 0. The van der Waals surface area contributed by atoms with E-state index in [-0.39, 0.29) is 12.6 Å². The van der Waals surface area contributed by atoms with Crippen molar-refractivity contribution in [3.8, 4) is 0 Å². The zero-order valence-electron chi connectivity index (χ0n) is 22.2. The number of hydrogen-bond donors (Lipinski definition) is 0. The van der Waals surface area contributed by atoms with Crippen LogP contribution in [0, 0.1) is 23.7 Å². The summed E-state index contributed by atoms with van der Waals surface area (Å²) in [7, 11) is 3.41. The lowest BCUT2D eigenvalue weighted by molar-refractivity contribution is -0.145. The Bertz CT molecular complexity index is 323. The molecule has 2 unspecified atom stereocenters. The molecule has 0 heterocycles. The van der Waals surface area contributed by atoms with Gasteiger partial charge in [0.05, 0.1) is 0 Å². The Morgan fingerprint density at radius 2 is 0.900 bits per heavy atom. The van der Waals surface area contributed by atoms with Crippen molar-refractivity contribution in [3.63, 3.8) is 0 Å². The summed E-state index contributed by atoms with van der Waals surface area (Å²) in [6.07, 6.45) is 9.88. The summed E-state index contributed by atoms with van der Waals surface area (Å²) in [5, 5.41) is 0. The zero-order chi connectivity index (χ0) is 23.4. The highest BCUT2D eigenvalue weighted by atomic mass is 16.7. The Morgan fingerprint density at radius 1 is 0.533 bits per heavy atom. The fourth-order valence-corrected chi connectivity index (χ4v) is 3.49. The second kappa shape index (κ2) is 22.0. The molecule has 0 spiro atoms. The molecule has 0 amide bonds. The van der Waals surface area contributed by atoms with Crippen molar-refractivity contribution in [1.29, 1.82) is 0 Å². The third kappa shape index (κ3) is 22.5. The monoisotopic (exact) mass is 432 g/mol. The summed E-state index contributed by atoms with van der Waals surface area (Å²) in [5.74, 6) is 3.03. The molecule has 0 N–H and O–H groups in total. The van der Waals surface area contributed by atoms with E-state index < -0.39 is 0 Å². The Labute approximate surface area is 189 Å². The van der Waals surface area contributed by atoms with E-state index in [2.05, 4.69) is 41.5 Å². The van der Waals surface area contributed by atoms with E-state index in [1.54, 1.807) is 14.2 Å². The minimum Gasteiger partial charge on any atom is -0.356 e. The third-order valence-electron chi connectivity index (χ3n) is 5.38. The van der Waals surface area contributed by atoms with Crippen LogP contribution in [0.3, 0.4) is 0 Å². The van der Waals surface area contributed by atoms with Gasteiger partial charge in [-0.25, -0.2) is 0 Å². The fourth-order valence-electron chi connectivity index (χ4n) is 3.49. The maximum atomic E-state index is 5.56. The molecule has 0 rings (SSSR count). The van der Waals surface area contributed by atoms with E-state index in [0.29, 0.717) is 11.8 Å². The molecule has 0 aromatic carbocycles. The topological polar surface area (TPSA) is 36.9 Å². The molecule has 4 nitrogen and oxygen atoms in total. The fraction of sp³-hybridized carbons (Fsp3) is 1.00. The number of ether oxygens (including phenoxy) is 4. The lowest BCUT2D eigenvalue weighted by atomic mass is 9.97. The van der Waals surface area contributed by atoms with Crippen LogP contribution in [0.2, 0.25) is 0 Å². The van der Waals surface area contributed by atoms with E-state index in [4.69, 9.17) is 18.9 Å². The molecule has 2 atom stereocenters. The standard InChI is InChI=1S/C14H30O2.C12H26O2/c1-6-15-14(16-7-2)11-13(5)10-8-9-12(3)4;1-10(2)7-6-8-11(3)9-12(13-4)14-5/h12-14H,6-11H2,1-5H3;10-12H,6-9H2,1-5H3. The van der Waals surface area contributed by atoms with Crippen molar-refractivity contribution < 1.29 is 18.9 Å². The maximum absolute atomic E-state index is 5.56. The molecule has 0 fully saturated rings. The smallest absolute Gasteiger partial charge is 0.157 e. The van der Waals surface area contributed by atoms with Crippen LogP contribution in [0.5, 0.6) is 0 Å². The van der Waals surface area contributed by atoms with Crippen molar-refractivity contribution in [2.45, 2.75) is 119 Å². The summed E-state index contributed by atoms with van der Waals surface area (Å²) in [4.78, 5) is 0. The minimum atomic E-state index is -0.0240. The van der Waals surface area contributed by atoms with Gasteiger partial charge < -0.3 is 18.9 Å². The van der Waals surface area contributed by atoms with Gasteiger partial charge in [0.25, 0.3) is 0 Å². The molecule has 0 radical (unpaired) electrons. The molecule has 4 heteroatoms. The van der Waals surface area contributed by atoms with Gasteiger partial charge in [-0.3, -0.25) is 0 Å². The van der Waals surface area contributed by atoms with E-state index >= 15 is 0 Å². The van der Waals surface area contributed by atoms with Gasteiger partial charge in [0.2, 0.25) is 0 Å². The molecular formula is C26H56O4. The average molecular weight is 433 g/mol. The van der Waals surface area contributed by atoms with Gasteiger partial charge in [0, 0.05) is 40.3 Å². The highest BCUT2D eigenvalue weighted by Gasteiger charge is 2.13. The van der Waals surface area contributed by atoms with Gasteiger partial charge in [-0.1, -0.05) is 80.1 Å². The van der Waals surface area contributed by atoms with Crippen LogP contribution in [-0.2, 0) is 18.9 Å². The number of methoxy groups -OCH3 is 2. The second-order valence-corrected chi connectivity index (χ2v) is 9.57. The molecule has 0 aliphatic heterocycles. The van der Waals surface area contributed by atoms with Crippen molar-refractivity contribution in [3.05, 3.63) is 0 Å². The predicted octanol–water partition coefficient (Wildman–Crippen LogP) is 7.70. The highest BCUT2D eigenvalue weighted by molar-refractivity contribution is 4.59. The van der Waals surface area contributed by atoms with E-state index in [9.17, 15) is 0 Å². The van der Waals surface area contributed by atoms with Crippen molar-refractivity contribution >= 4 is 0 Å². The van der Waals surface area contributed by atoms with Crippen LogP contribution in [0.15, 0.2) is 0 Å². The second-order valence-electron chi connectivity index (χ2n) is 9.57. The first kappa shape index (κ1) is 32.0. The van der Waals surface area contributed by atoms with Gasteiger partial charge in [-0.2, -0.15) is 0 Å². The highest BCUT2D eigenvalue weighted by Crippen LogP contribution is 2.19. The minimum absolute atomic E-state index is 0.00375. The van der Waals surface area contributed by atoms with Crippen LogP contribution >= 0.6 is 0 Å². The van der Waals surface area contributed by atoms with E-state index in [1.165, 1.54) is 38.5 Å². The van der Waals surface area contributed by atoms with Gasteiger partial charge in [0.15, 0.2) is 12.6 Å². The Hall–Kier alpha value is -0.160. The van der Waals surface area contributed by atoms with E-state index in [0.717, 1.165) is 37.9 Å². The quantitative estimate of drug-likeness (QED) is 0.208. The van der Waals surface area contributed by atoms with Gasteiger partial charge in [0.1, 0.15) is 0 Å². The molecular weight excluding hydrogens is 376 g/mol. The number of hydrogen-bond acceptors (Lipinski definition) is 4. The average Bonchev–Trinajstić information content (AvgIpc) is 2.66. The molecule has 0 bridgehead atoms. The van der Waals surface area contributed by atoms with Crippen molar-refractivity contribution in [2.24, 2.45) is 23.7 Å². The largest absolute Gasteiger partial charge is 0.356 e. The molecule has 0 aromatic rings. The van der Waals surface area contributed by atoms with Crippen LogP contribution in [-0.4, -0.2) is 40.0 Å². The molecule has 0 saturated heterocycles. The first-order chi connectivity index (χ1) is 14.2. The molecule has 0 aliphatic carbocycles. The maximum Gasteiger partial charge on any atom is 0.157 e. The van der Waals surface area contributed by atoms with Crippen molar-refractivity contribution in [1.82, 2.24) is 0 Å². The van der Waals surface area contributed by atoms with Crippen LogP contribution in [0.25, 0.3) is 0 Å². The Kier molecular flexibility index (Phi) is 23.5. The zero-order valence-corrected chi connectivity index (χ0v) is 22.2. The summed E-state index contributed by atoms with van der Waals surface area (Å²) in [5.41, 5.74) is 0. The summed E-state index contributed by atoms with van der Waals surface area (Å²) in [6.45, 7) is 19.2. The van der Waals surface area contributed by atoms with Crippen LogP contribution < -0.4 is 0 Å². The molecule has 0 saturated carbocycles. The Balaban J connectivity index is 0. The molecule has 0 aliphatic rings. The van der Waals surface area contributed by atoms with Crippen molar-refractivity contribution in [2.75, 3.05) is 27.4 Å². The number of rotatable bonds is 18. The third-order valence-corrected chi connectivity index (χ3v) is 5.38. The van der Waals surface area contributed by atoms with Crippen LogP contribution in [0.4, 0.5) is 0 Å². The van der Waals surface area contributed by atoms with Crippen LogP contribution in [0.1, 0.15) is 107 Å². The Morgan fingerprint density at radius 3 is 1.20 bits per heavy atom. The lowest BCUT2D eigenvalue weighted by Gasteiger charge is -2.21. The van der Waals surface area contributed by atoms with Gasteiger partial charge >= 0.3 is 0 Å². The first-order valence-corrected chi connectivity index (χ1v) is 12.5. The van der Waals surface area contributed by atoms with Gasteiger partial charge in [-0.15, -0.1) is 0 Å². The lowest BCUT2D eigenvalue weighted by Crippen LogP contribution is -2.20. The first-order valence-electron chi connectivity index (χ1n) is 12.5.